The molecule has 7 heteroatoms. The van der Waals surface area contributed by atoms with E-state index in [4.69, 9.17) is 0 Å². The molecule has 0 aromatic carbocycles. The highest BCUT2D eigenvalue weighted by Crippen LogP contribution is 2.32. The van der Waals surface area contributed by atoms with Crippen LogP contribution in [-0.2, 0) is 20.6 Å². The molecule has 1 fully saturated rings. The second-order valence-electron chi connectivity index (χ2n) is 6.74. The molecule has 0 saturated heterocycles. The molecule has 0 radical (unpaired) electrons. The standard InChI is InChI=1S/C15H22N4O3/c1-15(22)6-4-5-10(7-15)8-19-13(20)11-12(16-9-17(11)2)18(3)14(19)21/h9-10,22H,4-8H2,1-3H3/t10-,15?/m1/s1. The summed E-state index contributed by atoms with van der Waals surface area (Å²) < 4.78 is 4.35. The molecule has 7 nitrogen and oxygen atoms in total. The van der Waals surface area contributed by atoms with E-state index in [0.717, 1.165) is 19.3 Å². The lowest BCUT2D eigenvalue weighted by atomic mass is 9.79. The minimum Gasteiger partial charge on any atom is -0.390 e. The molecule has 0 bridgehead atoms. The van der Waals surface area contributed by atoms with Crippen molar-refractivity contribution in [1.82, 2.24) is 18.7 Å². The van der Waals surface area contributed by atoms with Gasteiger partial charge in [-0.25, -0.2) is 9.78 Å². The van der Waals surface area contributed by atoms with Crippen molar-refractivity contribution in [1.29, 1.82) is 0 Å². The number of fused-ring (bicyclic) bond motifs is 1. The van der Waals surface area contributed by atoms with Gasteiger partial charge in [-0.05, 0) is 32.1 Å². The van der Waals surface area contributed by atoms with Crippen molar-refractivity contribution in [2.75, 3.05) is 0 Å². The van der Waals surface area contributed by atoms with E-state index in [1.807, 2.05) is 6.92 Å². The summed E-state index contributed by atoms with van der Waals surface area (Å²) in [6.45, 7) is 2.17. The van der Waals surface area contributed by atoms with Crippen LogP contribution in [0.2, 0.25) is 0 Å². The molecule has 120 valence electrons. The number of nitrogens with zero attached hydrogens (tertiary/aromatic N) is 4. The predicted octanol–water partition coefficient (Wildman–Crippen LogP) is 0.375. The van der Waals surface area contributed by atoms with Gasteiger partial charge in [0.05, 0.1) is 11.9 Å². The fourth-order valence-corrected chi connectivity index (χ4v) is 3.57. The van der Waals surface area contributed by atoms with Crippen LogP contribution in [0.3, 0.4) is 0 Å². The Morgan fingerprint density at radius 2 is 2.14 bits per heavy atom. The third-order valence-electron chi connectivity index (χ3n) is 4.70. The average Bonchev–Trinajstić information content (AvgIpc) is 2.82. The number of aliphatic hydroxyl groups is 1. The third kappa shape index (κ3) is 2.39. The molecule has 0 spiro atoms. The maximum Gasteiger partial charge on any atom is 0.332 e. The van der Waals surface area contributed by atoms with Gasteiger partial charge in [0.1, 0.15) is 0 Å². The molecule has 2 heterocycles. The first-order valence-electron chi connectivity index (χ1n) is 7.63. The van der Waals surface area contributed by atoms with Gasteiger partial charge >= 0.3 is 5.69 Å². The highest BCUT2D eigenvalue weighted by molar-refractivity contribution is 5.69. The Labute approximate surface area is 127 Å². The molecule has 22 heavy (non-hydrogen) atoms. The van der Waals surface area contributed by atoms with Crippen molar-refractivity contribution in [2.24, 2.45) is 20.0 Å². The smallest absolute Gasteiger partial charge is 0.332 e. The summed E-state index contributed by atoms with van der Waals surface area (Å²) >= 11 is 0. The van der Waals surface area contributed by atoms with Crippen molar-refractivity contribution in [2.45, 2.75) is 44.8 Å². The fraction of sp³-hybridized carbons (Fsp3) is 0.667. The van der Waals surface area contributed by atoms with Crippen molar-refractivity contribution in [3.05, 3.63) is 27.2 Å². The van der Waals surface area contributed by atoms with Crippen molar-refractivity contribution in [3.8, 4) is 0 Å². The van der Waals surface area contributed by atoms with E-state index in [9.17, 15) is 14.7 Å². The molecular formula is C15H22N4O3. The van der Waals surface area contributed by atoms with E-state index in [0.29, 0.717) is 24.1 Å². The molecular weight excluding hydrogens is 284 g/mol. The Hall–Kier alpha value is -1.89. The number of aryl methyl sites for hydroxylation is 2. The molecule has 1 unspecified atom stereocenters. The first kappa shape index (κ1) is 15.0. The Bertz CT molecular complexity index is 828. The van der Waals surface area contributed by atoms with E-state index in [1.165, 1.54) is 9.13 Å². The van der Waals surface area contributed by atoms with Gasteiger partial charge in [-0.3, -0.25) is 13.9 Å². The Balaban J connectivity index is 2.06. The molecule has 1 N–H and O–H groups in total. The lowest BCUT2D eigenvalue weighted by Crippen LogP contribution is -2.43. The zero-order valence-corrected chi connectivity index (χ0v) is 13.2. The maximum absolute atomic E-state index is 12.6. The molecule has 0 aliphatic heterocycles. The molecule has 1 aliphatic carbocycles. The van der Waals surface area contributed by atoms with Crippen LogP contribution in [-0.4, -0.2) is 29.4 Å². The van der Waals surface area contributed by atoms with Crippen LogP contribution in [0.5, 0.6) is 0 Å². The van der Waals surface area contributed by atoms with E-state index >= 15 is 0 Å². The number of imidazole rings is 1. The van der Waals surface area contributed by atoms with Crippen LogP contribution in [0.15, 0.2) is 15.9 Å². The molecule has 2 atom stereocenters. The van der Waals surface area contributed by atoms with Crippen molar-refractivity contribution in [3.63, 3.8) is 0 Å². The SMILES string of the molecule is Cn1cnc2c1c(=O)n(C[C@@H]1CCCC(C)(O)C1)c(=O)n2C. The third-order valence-corrected chi connectivity index (χ3v) is 4.70. The highest BCUT2D eigenvalue weighted by atomic mass is 16.3. The van der Waals surface area contributed by atoms with Gasteiger partial charge in [0.2, 0.25) is 0 Å². The van der Waals surface area contributed by atoms with E-state index in [2.05, 4.69) is 4.98 Å². The summed E-state index contributed by atoms with van der Waals surface area (Å²) in [7, 11) is 3.38. The van der Waals surface area contributed by atoms with Crippen LogP contribution in [0.4, 0.5) is 0 Å². The summed E-state index contributed by atoms with van der Waals surface area (Å²) in [6.07, 6.45) is 4.78. The summed E-state index contributed by atoms with van der Waals surface area (Å²) in [5, 5.41) is 10.2. The molecule has 2 aromatic heterocycles. The zero-order valence-electron chi connectivity index (χ0n) is 13.2. The van der Waals surface area contributed by atoms with E-state index in [1.54, 1.807) is 25.0 Å². The summed E-state index contributed by atoms with van der Waals surface area (Å²) in [6, 6.07) is 0. The van der Waals surface area contributed by atoms with E-state index < -0.39 is 5.60 Å². The summed E-state index contributed by atoms with van der Waals surface area (Å²) in [5.41, 5.74) is -0.507. The van der Waals surface area contributed by atoms with Crippen molar-refractivity contribution < 1.29 is 5.11 Å². The molecule has 2 aromatic rings. The zero-order chi connectivity index (χ0) is 16.1. The Kier molecular flexibility index (Phi) is 3.47. The molecule has 0 amide bonds. The average molecular weight is 306 g/mol. The van der Waals surface area contributed by atoms with Crippen LogP contribution < -0.4 is 11.2 Å². The Morgan fingerprint density at radius 3 is 2.82 bits per heavy atom. The summed E-state index contributed by atoms with van der Waals surface area (Å²) in [4.78, 5) is 29.2. The van der Waals surface area contributed by atoms with Gasteiger partial charge in [-0.1, -0.05) is 6.42 Å². The predicted molar refractivity (Wildman–Crippen MR) is 82.8 cm³/mol. The quantitative estimate of drug-likeness (QED) is 0.869. The normalized spacial score (nSPS) is 25.7. The second-order valence-corrected chi connectivity index (χ2v) is 6.74. The lowest BCUT2D eigenvalue weighted by Gasteiger charge is -2.34. The first-order valence-corrected chi connectivity index (χ1v) is 7.63. The lowest BCUT2D eigenvalue weighted by molar-refractivity contribution is -0.00250. The minimum atomic E-state index is -0.700. The number of rotatable bonds is 2. The van der Waals surface area contributed by atoms with E-state index in [-0.39, 0.29) is 17.2 Å². The molecule has 3 rings (SSSR count). The Morgan fingerprint density at radius 1 is 1.41 bits per heavy atom. The fourth-order valence-electron chi connectivity index (χ4n) is 3.57. The number of hydrogen-bond acceptors (Lipinski definition) is 4. The van der Waals surface area contributed by atoms with Gasteiger partial charge in [0.15, 0.2) is 11.2 Å². The second kappa shape index (κ2) is 5.08. The summed E-state index contributed by atoms with van der Waals surface area (Å²) in [5.74, 6) is 0.139. The minimum absolute atomic E-state index is 0.139. The monoisotopic (exact) mass is 306 g/mol. The van der Waals surface area contributed by atoms with Gasteiger partial charge in [0, 0.05) is 20.6 Å². The molecule has 1 aliphatic rings. The number of aromatic nitrogens is 4. The number of hydrogen-bond donors (Lipinski definition) is 1. The van der Waals surface area contributed by atoms with Crippen LogP contribution in [0, 0.1) is 5.92 Å². The highest BCUT2D eigenvalue weighted by Gasteiger charge is 2.30. The first-order chi connectivity index (χ1) is 10.3. The molecule has 1 saturated carbocycles. The van der Waals surface area contributed by atoms with Crippen LogP contribution in [0.1, 0.15) is 32.6 Å². The van der Waals surface area contributed by atoms with Crippen LogP contribution >= 0.6 is 0 Å². The van der Waals surface area contributed by atoms with Gasteiger partial charge in [-0.15, -0.1) is 0 Å². The van der Waals surface area contributed by atoms with Gasteiger partial charge in [-0.2, -0.15) is 0 Å². The van der Waals surface area contributed by atoms with Crippen LogP contribution in [0.25, 0.3) is 11.2 Å². The largest absolute Gasteiger partial charge is 0.390 e. The van der Waals surface area contributed by atoms with Gasteiger partial charge < -0.3 is 9.67 Å². The topological polar surface area (TPSA) is 82.1 Å². The van der Waals surface area contributed by atoms with Gasteiger partial charge in [0.25, 0.3) is 5.56 Å². The van der Waals surface area contributed by atoms with Crippen molar-refractivity contribution >= 4 is 11.2 Å². The maximum atomic E-state index is 12.6.